The van der Waals surface area contributed by atoms with Crippen molar-refractivity contribution in [2.45, 2.75) is 45.6 Å². The third kappa shape index (κ3) is 5.80. The van der Waals surface area contributed by atoms with Gasteiger partial charge in [0, 0.05) is 0 Å². The molecular formula is C16H26O4. The summed E-state index contributed by atoms with van der Waals surface area (Å²) in [5.74, 6) is 1.52. The highest BCUT2D eigenvalue weighted by atomic mass is 16.5. The first-order chi connectivity index (χ1) is 9.71. The molecule has 0 heterocycles. The van der Waals surface area contributed by atoms with Gasteiger partial charge in [-0.15, -0.1) is 0 Å². The molecule has 0 fully saturated rings. The maximum atomic E-state index is 9.38. The van der Waals surface area contributed by atoms with Gasteiger partial charge < -0.3 is 19.7 Å². The Labute approximate surface area is 121 Å². The number of aliphatic hydroxyl groups excluding tert-OH is 2. The lowest BCUT2D eigenvalue weighted by Crippen LogP contribution is -2.12. The van der Waals surface area contributed by atoms with Crippen molar-refractivity contribution in [2.24, 2.45) is 0 Å². The van der Waals surface area contributed by atoms with E-state index in [2.05, 4.69) is 6.92 Å². The second-order valence-electron chi connectivity index (χ2n) is 4.79. The standard InChI is InChI=1S/C16H26O4/c1-3-5-10-20-15-9-7-13(6-8-14(18)12-17)11-16(15)19-4-2/h7,9,11,14,17-18H,3-6,8,10,12H2,1-2H3. The van der Waals surface area contributed by atoms with Crippen LogP contribution in [-0.4, -0.2) is 36.1 Å². The Morgan fingerprint density at radius 3 is 2.60 bits per heavy atom. The molecule has 1 rings (SSSR count). The van der Waals surface area contributed by atoms with Crippen molar-refractivity contribution in [2.75, 3.05) is 19.8 Å². The fourth-order valence-electron chi connectivity index (χ4n) is 1.85. The van der Waals surface area contributed by atoms with Crippen LogP contribution in [0, 0.1) is 0 Å². The highest BCUT2D eigenvalue weighted by molar-refractivity contribution is 5.43. The van der Waals surface area contributed by atoms with Gasteiger partial charge >= 0.3 is 0 Å². The van der Waals surface area contributed by atoms with E-state index >= 15 is 0 Å². The van der Waals surface area contributed by atoms with Crippen molar-refractivity contribution in [3.63, 3.8) is 0 Å². The van der Waals surface area contributed by atoms with Gasteiger partial charge in [-0.2, -0.15) is 0 Å². The summed E-state index contributed by atoms with van der Waals surface area (Å²) in [5.41, 5.74) is 1.07. The fourth-order valence-corrected chi connectivity index (χ4v) is 1.85. The van der Waals surface area contributed by atoms with E-state index in [1.165, 1.54) is 0 Å². The van der Waals surface area contributed by atoms with Crippen LogP contribution in [0.15, 0.2) is 18.2 Å². The largest absolute Gasteiger partial charge is 0.490 e. The molecule has 1 aromatic rings. The second-order valence-corrected chi connectivity index (χ2v) is 4.79. The molecule has 0 amide bonds. The summed E-state index contributed by atoms with van der Waals surface area (Å²) in [4.78, 5) is 0. The minimum absolute atomic E-state index is 0.198. The summed E-state index contributed by atoms with van der Waals surface area (Å²) in [7, 11) is 0. The van der Waals surface area contributed by atoms with Gasteiger partial charge in [0.2, 0.25) is 0 Å². The molecule has 0 aromatic heterocycles. The summed E-state index contributed by atoms with van der Waals surface area (Å²) in [6.07, 6.45) is 2.71. The van der Waals surface area contributed by atoms with Crippen LogP contribution in [0.25, 0.3) is 0 Å². The minimum Gasteiger partial charge on any atom is -0.490 e. The molecular weight excluding hydrogens is 256 g/mol. The third-order valence-corrected chi connectivity index (χ3v) is 3.04. The summed E-state index contributed by atoms with van der Waals surface area (Å²) in [6.45, 7) is 5.16. The number of benzene rings is 1. The van der Waals surface area contributed by atoms with Gasteiger partial charge in [-0.3, -0.25) is 0 Å². The number of unbranched alkanes of at least 4 members (excludes halogenated alkanes) is 1. The van der Waals surface area contributed by atoms with Crippen LogP contribution in [-0.2, 0) is 6.42 Å². The van der Waals surface area contributed by atoms with Crippen molar-refractivity contribution in [3.05, 3.63) is 23.8 Å². The molecule has 0 saturated heterocycles. The van der Waals surface area contributed by atoms with Gasteiger partial charge in [0.05, 0.1) is 25.9 Å². The number of hydrogen-bond acceptors (Lipinski definition) is 4. The predicted octanol–water partition coefficient (Wildman–Crippen LogP) is 2.55. The SMILES string of the molecule is CCCCOc1ccc(CCC(O)CO)cc1OCC. The van der Waals surface area contributed by atoms with E-state index in [1.807, 2.05) is 25.1 Å². The maximum Gasteiger partial charge on any atom is 0.161 e. The molecule has 0 aliphatic carbocycles. The molecule has 0 saturated carbocycles. The van der Waals surface area contributed by atoms with Crippen molar-refractivity contribution in [1.82, 2.24) is 0 Å². The van der Waals surface area contributed by atoms with Crippen molar-refractivity contribution < 1.29 is 19.7 Å². The lowest BCUT2D eigenvalue weighted by Gasteiger charge is -2.14. The quantitative estimate of drug-likeness (QED) is 0.648. The summed E-state index contributed by atoms with van der Waals surface area (Å²) < 4.78 is 11.3. The van der Waals surface area contributed by atoms with Crippen LogP contribution in [0.5, 0.6) is 11.5 Å². The van der Waals surface area contributed by atoms with Gasteiger partial charge in [-0.25, -0.2) is 0 Å². The van der Waals surface area contributed by atoms with Gasteiger partial charge in [0.15, 0.2) is 11.5 Å². The Hall–Kier alpha value is -1.26. The molecule has 1 unspecified atom stereocenters. The fraction of sp³-hybridized carbons (Fsp3) is 0.625. The van der Waals surface area contributed by atoms with E-state index in [4.69, 9.17) is 14.6 Å². The van der Waals surface area contributed by atoms with Gasteiger partial charge in [-0.05, 0) is 43.9 Å². The normalized spacial score (nSPS) is 12.2. The number of rotatable bonds is 10. The Balaban J connectivity index is 2.67. The number of ether oxygens (including phenoxy) is 2. The van der Waals surface area contributed by atoms with E-state index in [-0.39, 0.29) is 6.61 Å². The minimum atomic E-state index is -0.661. The second kappa shape index (κ2) is 9.61. The van der Waals surface area contributed by atoms with Gasteiger partial charge in [-0.1, -0.05) is 19.4 Å². The zero-order chi connectivity index (χ0) is 14.8. The van der Waals surface area contributed by atoms with Crippen LogP contribution in [0.3, 0.4) is 0 Å². The summed E-state index contributed by atoms with van der Waals surface area (Å²) in [6, 6.07) is 5.85. The van der Waals surface area contributed by atoms with Crippen LogP contribution < -0.4 is 9.47 Å². The molecule has 0 aliphatic heterocycles. The van der Waals surface area contributed by atoms with Crippen molar-refractivity contribution in [3.8, 4) is 11.5 Å². The van der Waals surface area contributed by atoms with Crippen molar-refractivity contribution >= 4 is 0 Å². The highest BCUT2D eigenvalue weighted by Crippen LogP contribution is 2.29. The Morgan fingerprint density at radius 1 is 1.15 bits per heavy atom. The highest BCUT2D eigenvalue weighted by Gasteiger charge is 2.08. The first kappa shape index (κ1) is 16.8. The lowest BCUT2D eigenvalue weighted by atomic mass is 10.1. The molecule has 0 radical (unpaired) electrons. The number of aryl methyl sites for hydroxylation is 1. The maximum absolute atomic E-state index is 9.38. The molecule has 114 valence electrons. The molecule has 4 heteroatoms. The average Bonchev–Trinajstić information content (AvgIpc) is 2.47. The predicted molar refractivity (Wildman–Crippen MR) is 79.4 cm³/mol. The zero-order valence-corrected chi connectivity index (χ0v) is 12.5. The van der Waals surface area contributed by atoms with Crippen molar-refractivity contribution in [1.29, 1.82) is 0 Å². The third-order valence-electron chi connectivity index (χ3n) is 3.04. The topological polar surface area (TPSA) is 58.9 Å². The van der Waals surface area contributed by atoms with E-state index in [0.29, 0.717) is 26.1 Å². The molecule has 0 spiro atoms. The smallest absolute Gasteiger partial charge is 0.161 e. The molecule has 4 nitrogen and oxygen atoms in total. The van der Waals surface area contributed by atoms with E-state index < -0.39 is 6.10 Å². The van der Waals surface area contributed by atoms with E-state index in [1.54, 1.807) is 0 Å². The van der Waals surface area contributed by atoms with Gasteiger partial charge in [0.1, 0.15) is 0 Å². The molecule has 1 aromatic carbocycles. The number of aliphatic hydroxyl groups is 2. The summed E-state index contributed by atoms with van der Waals surface area (Å²) in [5, 5.41) is 18.2. The number of hydrogen-bond donors (Lipinski definition) is 2. The molecule has 1 atom stereocenters. The molecule has 0 aliphatic rings. The zero-order valence-electron chi connectivity index (χ0n) is 12.5. The van der Waals surface area contributed by atoms with Gasteiger partial charge in [0.25, 0.3) is 0 Å². The van der Waals surface area contributed by atoms with Crippen LogP contribution in [0.4, 0.5) is 0 Å². The molecule has 0 bridgehead atoms. The van der Waals surface area contributed by atoms with Crippen LogP contribution >= 0.6 is 0 Å². The van der Waals surface area contributed by atoms with E-state index in [9.17, 15) is 5.11 Å². The summed E-state index contributed by atoms with van der Waals surface area (Å²) >= 11 is 0. The Morgan fingerprint density at radius 2 is 1.95 bits per heavy atom. The average molecular weight is 282 g/mol. The molecule has 20 heavy (non-hydrogen) atoms. The first-order valence-corrected chi connectivity index (χ1v) is 7.38. The Kier molecular flexibility index (Phi) is 8.07. The monoisotopic (exact) mass is 282 g/mol. The first-order valence-electron chi connectivity index (χ1n) is 7.38. The van der Waals surface area contributed by atoms with E-state index in [0.717, 1.165) is 29.9 Å². The van der Waals surface area contributed by atoms with Crippen LogP contribution in [0.2, 0.25) is 0 Å². The Bertz CT molecular complexity index is 379. The van der Waals surface area contributed by atoms with Crippen LogP contribution in [0.1, 0.15) is 38.7 Å². The molecule has 2 N–H and O–H groups in total. The lowest BCUT2D eigenvalue weighted by molar-refractivity contribution is 0.0885.